The largest absolute Gasteiger partial charge is 0.332 e. The van der Waals surface area contributed by atoms with Gasteiger partial charge in [0.25, 0.3) is 11.8 Å². The lowest BCUT2D eigenvalue weighted by molar-refractivity contribution is -0.133. The maximum absolute atomic E-state index is 14.1. The van der Waals surface area contributed by atoms with Crippen LogP contribution >= 0.6 is 0 Å². The SMILES string of the molecule is Cc1ccc(C2=NN(C(=O)CN(C)C(=O)c3ccccc3F)[C@@H](c3ccc(F)cc3)C2)cc1C. The number of halogens is 2. The van der Waals surface area contributed by atoms with E-state index >= 15 is 0 Å². The quantitative estimate of drug-likeness (QED) is 0.535. The molecule has 0 aromatic heterocycles. The number of benzene rings is 3. The third-order valence-corrected chi connectivity index (χ3v) is 6.08. The fraction of sp³-hybridized carbons (Fsp3) is 0.222. The van der Waals surface area contributed by atoms with Gasteiger partial charge >= 0.3 is 0 Å². The average molecular weight is 462 g/mol. The number of hydrogen-bond acceptors (Lipinski definition) is 3. The van der Waals surface area contributed by atoms with Crippen molar-refractivity contribution in [3.05, 3.63) is 106 Å². The molecule has 3 aromatic carbocycles. The van der Waals surface area contributed by atoms with Crippen LogP contribution < -0.4 is 0 Å². The van der Waals surface area contributed by atoms with Gasteiger partial charge in [-0.3, -0.25) is 9.59 Å². The van der Waals surface area contributed by atoms with Crippen molar-refractivity contribution in [2.45, 2.75) is 26.3 Å². The van der Waals surface area contributed by atoms with Crippen LogP contribution in [0.4, 0.5) is 8.78 Å². The molecule has 5 nitrogen and oxygen atoms in total. The van der Waals surface area contributed by atoms with E-state index in [1.165, 1.54) is 47.3 Å². The fourth-order valence-electron chi connectivity index (χ4n) is 3.97. The minimum absolute atomic E-state index is 0.103. The second-order valence-corrected chi connectivity index (χ2v) is 8.50. The van der Waals surface area contributed by atoms with Gasteiger partial charge in [-0.25, -0.2) is 13.8 Å². The molecule has 0 spiro atoms. The lowest BCUT2D eigenvalue weighted by Gasteiger charge is -2.25. The van der Waals surface area contributed by atoms with Crippen molar-refractivity contribution in [3.63, 3.8) is 0 Å². The first kappa shape index (κ1) is 23.3. The van der Waals surface area contributed by atoms with Gasteiger partial charge in [0.2, 0.25) is 0 Å². The molecule has 174 valence electrons. The number of nitrogens with zero attached hydrogens (tertiary/aromatic N) is 3. The maximum Gasteiger partial charge on any atom is 0.262 e. The van der Waals surface area contributed by atoms with Crippen LogP contribution in [0.1, 0.15) is 45.1 Å². The van der Waals surface area contributed by atoms with Gasteiger partial charge in [0, 0.05) is 13.5 Å². The molecule has 34 heavy (non-hydrogen) atoms. The van der Waals surface area contributed by atoms with E-state index in [1.54, 1.807) is 18.2 Å². The van der Waals surface area contributed by atoms with E-state index in [-0.39, 0.29) is 17.9 Å². The minimum atomic E-state index is -0.646. The van der Waals surface area contributed by atoms with Gasteiger partial charge in [0.1, 0.15) is 18.2 Å². The number of aryl methyl sites for hydroxylation is 2. The predicted octanol–water partition coefficient (Wildman–Crippen LogP) is 5.03. The Morgan fingerprint density at radius 2 is 1.71 bits per heavy atom. The normalized spacial score (nSPS) is 15.3. The molecule has 0 saturated carbocycles. The summed E-state index contributed by atoms with van der Waals surface area (Å²) in [5.74, 6) is -2.03. The van der Waals surface area contributed by atoms with Crippen LogP contribution in [0.3, 0.4) is 0 Å². The molecule has 0 fully saturated rings. The van der Waals surface area contributed by atoms with Crippen molar-refractivity contribution >= 4 is 17.5 Å². The number of amides is 2. The summed E-state index contributed by atoms with van der Waals surface area (Å²) in [4.78, 5) is 27.2. The first-order chi connectivity index (χ1) is 16.2. The van der Waals surface area contributed by atoms with Crippen molar-refractivity contribution < 1.29 is 18.4 Å². The van der Waals surface area contributed by atoms with Gasteiger partial charge in [-0.2, -0.15) is 5.10 Å². The third-order valence-electron chi connectivity index (χ3n) is 6.08. The first-order valence-electron chi connectivity index (χ1n) is 11.0. The standard InChI is InChI=1S/C27H25F2N3O2/c1-17-8-9-20(14-18(17)2)24-15-25(19-10-12-21(28)13-11-19)32(30-24)26(33)16-31(3)27(34)22-6-4-5-7-23(22)29/h4-14,25H,15-16H2,1-3H3/t25-/m1/s1. The monoisotopic (exact) mass is 461 g/mol. The molecule has 0 N–H and O–H groups in total. The number of likely N-dealkylation sites (N-methyl/N-ethyl adjacent to an activating group) is 1. The lowest BCUT2D eigenvalue weighted by Crippen LogP contribution is -2.39. The highest BCUT2D eigenvalue weighted by Crippen LogP contribution is 2.33. The molecular weight excluding hydrogens is 436 g/mol. The van der Waals surface area contributed by atoms with E-state index in [0.717, 1.165) is 28.0 Å². The molecule has 0 aliphatic carbocycles. The number of carbonyl (C=O) groups is 2. The Kier molecular flexibility index (Phi) is 6.54. The van der Waals surface area contributed by atoms with Crippen molar-refractivity contribution in [1.29, 1.82) is 0 Å². The van der Waals surface area contributed by atoms with Crippen LogP contribution in [0.15, 0.2) is 71.8 Å². The van der Waals surface area contributed by atoms with E-state index in [9.17, 15) is 18.4 Å². The summed E-state index contributed by atoms with van der Waals surface area (Å²) in [7, 11) is 1.45. The molecule has 0 saturated heterocycles. The summed E-state index contributed by atoms with van der Waals surface area (Å²) >= 11 is 0. The Morgan fingerprint density at radius 3 is 2.38 bits per heavy atom. The Labute approximate surface area is 197 Å². The Morgan fingerprint density at radius 1 is 1.00 bits per heavy atom. The zero-order chi connectivity index (χ0) is 24.4. The highest BCUT2D eigenvalue weighted by molar-refractivity contribution is 6.04. The summed E-state index contributed by atoms with van der Waals surface area (Å²) < 4.78 is 27.6. The van der Waals surface area contributed by atoms with E-state index in [2.05, 4.69) is 5.10 Å². The van der Waals surface area contributed by atoms with Gasteiger partial charge in [0.05, 0.1) is 17.3 Å². The van der Waals surface area contributed by atoms with Crippen LogP contribution in [0.25, 0.3) is 0 Å². The molecule has 4 rings (SSSR count). The van der Waals surface area contributed by atoms with Gasteiger partial charge in [-0.1, -0.05) is 36.4 Å². The van der Waals surface area contributed by atoms with Crippen LogP contribution in [-0.4, -0.2) is 41.0 Å². The van der Waals surface area contributed by atoms with Crippen LogP contribution in [0.5, 0.6) is 0 Å². The molecule has 3 aromatic rings. The molecule has 1 atom stereocenters. The zero-order valence-corrected chi connectivity index (χ0v) is 19.3. The second-order valence-electron chi connectivity index (χ2n) is 8.50. The first-order valence-corrected chi connectivity index (χ1v) is 11.0. The highest BCUT2D eigenvalue weighted by atomic mass is 19.1. The molecule has 1 heterocycles. The summed E-state index contributed by atoms with van der Waals surface area (Å²) in [6.45, 7) is 3.75. The molecule has 1 aliphatic heterocycles. The Bertz CT molecular complexity index is 1270. The van der Waals surface area contributed by atoms with Crippen LogP contribution in [0.2, 0.25) is 0 Å². The van der Waals surface area contributed by atoms with Gasteiger partial charge in [0.15, 0.2) is 0 Å². The third kappa shape index (κ3) is 4.73. The number of hydrogen-bond donors (Lipinski definition) is 0. The van der Waals surface area contributed by atoms with Crippen molar-refractivity contribution in [1.82, 2.24) is 9.91 Å². The van der Waals surface area contributed by atoms with Gasteiger partial charge in [-0.15, -0.1) is 0 Å². The summed E-state index contributed by atoms with van der Waals surface area (Å²) in [5.41, 5.74) is 4.53. The fourth-order valence-corrected chi connectivity index (χ4v) is 3.97. The van der Waals surface area contributed by atoms with Gasteiger partial charge < -0.3 is 4.90 Å². The summed E-state index contributed by atoms with van der Waals surface area (Å²) in [6.07, 6.45) is 0.449. The Balaban J connectivity index is 1.61. The smallest absolute Gasteiger partial charge is 0.262 e. The number of hydrazone groups is 1. The van der Waals surface area contributed by atoms with Crippen molar-refractivity contribution in [2.75, 3.05) is 13.6 Å². The molecule has 0 unspecified atom stereocenters. The van der Waals surface area contributed by atoms with Crippen LogP contribution in [0, 0.1) is 25.5 Å². The van der Waals surface area contributed by atoms with Crippen LogP contribution in [-0.2, 0) is 4.79 Å². The molecule has 7 heteroatoms. The Hall–Kier alpha value is -3.87. The zero-order valence-electron chi connectivity index (χ0n) is 19.3. The van der Waals surface area contributed by atoms with E-state index < -0.39 is 23.7 Å². The van der Waals surface area contributed by atoms with E-state index in [0.29, 0.717) is 6.42 Å². The molecule has 0 radical (unpaired) electrons. The summed E-state index contributed by atoms with van der Waals surface area (Å²) in [5, 5.41) is 5.96. The highest BCUT2D eigenvalue weighted by Gasteiger charge is 2.34. The molecule has 1 aliphatic rings. The lowest BCUT2D eigenvalue weighted by atomic mass is 9.96. The average Bonchev–Trinajstić information content (AvgIpc) is 3.27. The number of carbonyl (C=O) groups excluding carboxylic acids is 2. The predicted molar refractivity (Wildman–Crippen MR) is 126 cm³/mol. The maximum atomic E-state index is 14.1. The molecule has 0 bridgehead atoms. The molecular formula is C27H25F2N3O2. The van der Waals surface area contributed by atoms with E-state index in [1.807, 2.05) is 32.0 Å². The topological polar surface area (TPSA) is 53.0 Å². The minimum Gasteiger partial charge on any atom is -0.332 e. The second kappa shape index (κ2) is 9.55. The summed E-state index contributed by atoms with van der Waals surface area (Å²) in [6, 6.07) is 17.2. The van der Waals surface area contributed by atoms with Crippen molar-refractivity contribution in [2.24, 2.45) is 5.10 Å². The number of rotatable bonds is 5. The molecule has 2 amide bonds. The van der Waals surface area contributed by atoms with Gasteiger partial charge in [-0.05, 0) is 66.4 Å². The van der Waals surface area contributed by atoms with E-state index in [4.69, 9.17) is 0 Å². The van der Waals surface area contributed by atoms with Crippen molar-refractivity contribution in [3.8, 4) is 0 Å².